The lowest BCUT2D eigenvalue weighted by atomic mass is 10.1. The molecule has 0 unspecified atom stereocenters. The number of guanidine groups is 1. The summed E-state index contributed by atoms with van der Waals surface area (Å²) in [5.41, 5.74) is 0.875. The average molecular weight is 524 g/mol. The van der Waals surface area contributed by atoms with Crippen LogP contribution in [-0.4, -0.2) is 79.1 Å². The van der Waals surface area contributed by atoms with Crippen LogP contribution in [-0.2, 0) is 11.3 Å². The zero-order chi connectivity index (χ0) is 20.8. The molecule has 29 heavy (non-hydrogen) atoms. The number of rotatable bonds is 13. The lowest BCUT2D eigenvalue weighted by Crippen LogP contribution is -2.41. The molecule has 0 bridgehead atoms. The predicted molar refractivity (Wildman–Crippen MR) is 128 cm³/mol. The van der Waals surface area contributed by atoms with E-state index in [2.05, 4.69) is 27.6 Å². The van der Waals surface area contributed by atoms with Gasteiger partial charge in [-0.15, -0.1) is 24.0 Å². The molecule has 0 saturated carbocycles. The number of nitrogens with zero attached hydrogens (tertiary/aromatic N) is 2. The number of likely N-dealkylation sites (N-methyl/N-ethyl adjacent to an activating group) is 1. The van der Waals surface area contributed by atoms with Crippen molar-refractivity contribution in [3.8, 4) is 17.2 Å². The number of hydrogen-bond acceptors (Lipinski definition) is 6. The first kappa shape index (κ1) is 27.5. The van der Waals surface area contributed by atoms with E-state index in [-0.39, 0.29) is 24.0 Å². The molecule has 0 spiro atoms. The fourth-order valence-electron chi connectivity index (χ4n) is 2.69. The molecule has 0 aromatic heterocycles. The summed E-state index contributed by atoms with van der Waals surface area (Å²) in [6.45, 7) is 6.76. The highest BCUT2D eigenvalue weighted by Crippen LogP contribution is 2.34. The van der Waals surface area contributed by atoms with Gasteiger partial charge >= 0.3 is 0 Å². The van der Waals surface area contributed by atoms with Gasteiger partial charge in [0.25, 0.3) is 0 Å². The number of aliphatic imine (C=N–C) groups is 1. The molecule has 0 fully saturated rings. The highest BCUT2D eigenvalue weighted by molar-refractivity contribution is 14.0. The Morgan fingerprint density at radius 2 is 1.66 bits per heavy atom. The minimum atomic E-state index is 0. The number of halogens is 1. The largest absolute Gasteiger partial charge is 0.496 e. The minimum Gasteiger partial charge on any atom is -0.496 e. The van der Waals surface area contributed by atoms with Gasteiger partial charge in [-0.25, -0.2) is 4.99 Å². The number of methoxy groups -OCH3 is 4. The van der Waals surface area contributed by atoms with Gasteiger partial charge in [-0.2, -0.15) is 0 Å². The molecule has 0 aliphatic carbocycles. The molecule has 0 radical (unpaired) electrons. The van der Waals surface area contributed by atoms with E-state index in [1.807, 2.05) is 19.1 Å². The third-order valence-electron chi connectivity index (χ3n) is 4.23. The smallest absolute Gasteiger partial charge is 0.191 e. The Hall–Kier alpha value is -1.46. The minimum absolute atomic E-state index is 0. The molecular formula is C20H37IN4O4. The Balaban J connectivity index is 0.00000784. The standard InChI is InChI=1S/C20H36N4O4.HI/c1-7-21-20(22-9-11-24(2)10-8-12-25-3)23-15-17-18(27-5)13-16(26-4)14-19(17)28-6;/h13-14H,7-12,15H2,1-6H3,(H2,21,22,23);1H. The normalized spacial score (nSPS) is 11.1. The summed E-state index contributed by atoms with van der Waals surface area (Å²) in [5, 5.41) is 6.64. The molecule has 0 atom stereocenters. The van der Waals surface area contributed by atoms with Crippen molar-refractivity contribution in [2.45, 2.75) is 19.9 Å². The van der Waals surface area contributed by atoms with Crippen LogP contribution in [0, 0.1) is 0 Å². The van der Waals surface area contributed by atoms with E-state index in [1.54, 1.807) is 28.4 Å². The van der Waals surface area contributed by atoms with Crippen LogP contribution in [0.5, 0.6) is 17.2 Å². The number of nitrogens with one attached hydrogen (secondary N) is 2. The lowest BCUT2D eigenvalue weighted by Gasteiger charge is -2.18. The summed E-state index contributed by atoms with van der Waals surface area (Å²) in [5.74, 6) is 2.82. The van der Waals surface area contributed by atoms with E-state index < -0.39 is 0 Å². The van der Waals surface area contributed by atoms with Crippen LogP contribution in [0.2, 0.25) is 0 Å². The Morgan fingerprint density at radius 1 is 1.00 bits per heavy atom. The predicted octanol–water partition coefficient (Wildman–Crippen LogP) is 2.35. The topological polar surface area (TPSA) is 76.6 Å². The summed E-state index contributed by atoms with van der Waals surface area (Å²) < 4.78 is 21.4. The summed E-state index contributed by atoms with van der Waals surface area (Å²) in [6, 6.07) is 3.67. The SMILES string of the molecule is CCNC(=NCc1c(OC)cc(OC)cc1OC)NCCN(C)CCCOC.I. The van der Waals surface area contributed by atoms with Crippen LogP contribution < -0.4 is 24.8 Å². The van der Waals surface area contributed by atoms with Crippen molar-refractivity contribution in [1.82, 2.24) is 15.5 Å². The van der Waals surface area contributed by atoms with E-state index in [0.717, 1.165) is 50.7 Å². The monoisotopic (exact) mass is 524 g/mol. The molecule has 1 rings (SSSR count). The zero-order valence-electron chi connectivity index (χ0n) is 18.5. The van der Waals surface area contributed by atoms with Gasteiger partial charge in [-0.3, -0.25) is 0 Å². The average Bonchev–Trinajstić information content (AvgIpc) is 2.71. The second kappa shape index (κ2) is 16.3. The van der Waals surface area contributed by atoms with Crippen LogP contribution in [0.3, 0.4) is 0 Å². The number of ether oxygens (including phenoxy) is 4. The molecule has 8 nitrogen and oxygen atoms in total. The maximum absolute atomic E-state index is 5.49. The van der Waals surface area contributed by atoms with Gasteiger partial charge in [0.05, 0.1) is 33.4 Å². The van der Waals surface area contributed by atoms with Crippen molar-refractivity contribution in [2.75, 3.05) is 68.3 Å². The summed E-state index contributed by atoms with van der Waals surface area (Å²) in [4.78, 5) is 6.95. The van der Waals surface area contributed by atoms with E-state index in [1.165, 1.54) is 0 Å². The summed E-state index contributed by atoms with van der Waals surface area (Å²) in [7, 11) is 8.71. The molecule has 0 saturated heterocycles. The fourth-order valence-corrected chi connectivity index (χ4v) is 2.69. The third kappa shape index (κ3) is 10.2. The highest BCUT2D eigenvalue weighted by atomic mass is 127. The molecule has 9 heteroatoms. The van der Waals surface area contributed by atoms with Crippen LogP contribution in [0.25, 0.3) is 0 Å². The second-order valence-corrected chi connectivity index (χ2v) is 6.28. The van der Waals surface area contributed by atoms with Crippen molar-refractivity contribution in [3.05, 3.63) is 17.7 Å². The van der Waals surface area contributed by atoms with Gasteiger partial charge in [-0.05, 0) is 20.4 Å². The molecule has 1 aromatic rings. The van der Waals surface area contributed by atoms with Gasteiger partial charge in [0.2, 0.25) is 0 Å². The number of hydrogen-bond donors (Lipinski definition) is 2. The first-order chi connectivity index (χ1) is 13.6. The Bertz CT molecular complexity index is 577. The van der Waals surface area contributed by atoms with E-state index in [0.29, 0.717) is 23.8 Å². The maximum Gasteiger partial charge on any atom is 0.191 e. The van der Waals surface area contributed by atoms with Crippen molar-refractivity contribution in [1.29, 1.82) is 0 Å². The fraction of sp³-hybridized carbons (Fsp3) is 0.650. The van der Waals surface area contributed by atoms with Gasteiger partial charge in [-0.1, -0.05) is 0 Å². The molecule has 0 aliphatic heterocycles. The quantitative estimate of drug-likeness (QED) is 0.178. The maximum atomic E-state index is 5.49. The number of benzene rings is 1. The van der Waals surface area contributed by atoms with Crippen LogP contribution in [0.15, 0.2) is 17.1 Å². The van der Waals surface area contributed by atoms with Gasteiger partial charge in [0.1, 0.15) is 17.2 Å². The molecule has 1 aromatic carbocycles. The lowest BCUT2D eigenvalue weighted by molar-refractivity contribution is 0.180. The second-order valence-electron chi connectivity index (χ2n) is 6.28. The highest BCUT2D eigenvalue weighted by Gasteiger charge is 2.13. The van der Waals surface area contributed by atoms with Crippen molar-refractivity contribution < 1.29 is 18.9 Å². The van der Waals surface area contributed by atoms with Crippen LogP contribution in [0.1, 0.15) is 18.9 Å². The summed E-state index contributed by atoms with van der Waals surface area (Å²) >= 11 is 0. The van der Waals surface area contributed by atoms with Crippen LogP contribution in [0.4, 0.5) is 0 Å². The Kier molecular flexibility index (Phi) is 15.5. The van der Waals surface area contributed by atoms with Gasteiger partial charge < -0.3 is 34.5 Å². The van der Waals surface area contributed by atoms with E-state index in [4.69, 9.17) is 18.9 Å². The summed E-state index contributed by atoms with van der Waals surface area (Å²) in [6.07, 6.45) is 1.03. The van der Waals surface area contributed by atoms with E-state index >= 15 is 0 Å². The van der Waals surface area contributed by atoms with Crippen molar-refractivity contribution in [3.63, 3.8) is 0 Å². The van der Waals surface area contributed by atoms with Gasteiger partial charge in [0, 0.05) is 52.0 Å². The molecule has 2 N–H and O–H groups in total. The van der Waals surface area contributed by atoms with Crippen molar-refractivity contribution in [2.24, 2.45) is 4.99 Å². The van der Waals surface area contributed by atoms with Gasteiger partial charge in [0.15, 0.2) is 5.96 Å². The van der Waals surface area contributed by atoms with Crippen molar-refractivity contribution >= 4 is 29.9 Å². The molecular weight excluding hydrogens is 487 g/mol. The molecule has 0 amide bonds. The first-order valence-electron chi connectivity index (χ1n) is 9.58. The molecule has 0 aliphatic rings. The zero-order valence-corrected chi connectivity index (χ0v) is 20.9. The Morgan fingerprint density at radius 3 is 2.17 bits per heavy atom. The van der Waals surface area contributed by atoms with E-state index in [9.17, 15) is 0 Å². The molecule has 168 valence electrons. The Labute approximate surface area is 192 Å². The third-order valence-corrected chi connectivity index (χ3v) is 4.23. The molecule has 0 heterocycles. The first-order valence-corrected chi connectivity index (χ1v) is 9.58. The van der Waals surface area contributed by atoms with Crippen LogP contribution >= 0.6 is 24.0 Å².